The molecule has 4 heteroatoms. The first-order valence-electron chi connectivity index (χ1n) is 3.44. The molecule has 0 amide bonds. The van der Waals surface area contributed by atoms with Crippen molar-refractivity contribution in [1.29, 1.82) is 0 Å². The summed E-state index contributed by atoms with van der Waals surface area (Å²) in [5.41, 5.74) is 0. The summed E-state index contributed by atoms with van der Waals surface area (Å²) < 4.78 is 0. The van der Waals surface area contributed by atoms with Crippen LogP contribution in [0.15, 0.2) is 24.3 Å². The zero-order chi connectivity index (χ0) is 9.56. The largest absolute Gasteiger partial charge is 0.480 e. The molecule has 0 aromatic heterocycles. The van der Waals surface area contributed by atoms with Crippen LogP contribution in [0.1, 0.15) is 0 Å². The minimum atomic E-state index is -0.880. The van der Waals surface area contributed by atoms with Gasteiger partial charge in [0.15, 0.2) is 0 Å². The van der Waals surface area contributed by atoms with E-state index < -0.39 is 5.97 Å². The first-order chi connectivity index (χ1) is 5.56. The molecule has 0 atom stereocenters. The van der Waals surface area contributed by atoms with Crippen LogP contribution in [-0.4, -0.2) is 35.6 Å². The molecule has 12 heavy (non-hydrogen) atoms. The van der Waals surface area contributed by atoms with Crippen molar-refractivity contribution in [2.45, 2.75) is 0 Å². The number of nitrogens with zero attached hydrogens (tertiary/aromatic N) is 1. The normalized spacial score (nSPS) is 9.83. The SMILES string of the molecule is C=CCN(CC(=C)Cl)CC(=O)O. The van der Waals surface area contributed by atoms with E-state index in [9.17, 15) is 4.79 Å². The summed E-state index contributed by atoms with van der Waals surface area (Å²) in [6, 6.07) is 0. The van der Waals surface area contributed by atoms with Gasteiger partial charge in [-0.15, -0.1) is 6.58 Å². The molecule has 0 saturated heterocycles. The molecule has 0 spiro atoms. The van der Waals surface area contributed by atoms with Gasteiger partial charge in [0.1, 0.15) is 0 Å². The highest BCUT2D eigenvalue weighted by atomic mass is 35.5. The molecule has 0 radical (unpaired) electrons. The van der Waals surface area contributed by atoms with Gasteiger partial charge in [-0.25, -0.2) is 0 Å². The number of carboxylic acid groups (broad SMARTS) is 1. The lowest BCUT2D eigenvalue weighted by Crippen LogP contribution is -2.30. The molecule has 0 rings (SSSR count). The Labute approximate surface area is 76.9 Å². The average molecular weight is 190 g/mol. The number of rotatable bonds is 6. The summed E-state index contributed by atoms with van der Waals surface area (Å²) in [5.74, 6) is -0.880. The second kappa shape index (κ2) is 5.80. The Morgan fingerprint density at radius 2 is 2.17 bits per heavy atom. The number of aliphatic carboxylic acids is 1. The van der Waals surface area contributed by atoms with E-state index in [1.807, 2.05) is 0 Å². The lowest BCUT2D eigenvalue weighted by Gasteiger charge is -2.16. The Kier molecular flexibility index (Phi) is 5.41. The van der Waals surface area contributed by atoms with E-state index >= 15 is 0 Å². The second-order valence-electron chi connectivity index (χ2n) is 2.37. The van der Waals surface area contributed by atoms with E-state index in [0.29, 0.717) is 18.1 Å². The van der Waals surface area contributed by atoms with Crippen LogP contribution in [0.2, 0.25) is 0 Å². The van der Waals surface area contributed by atoms with Gasteiger partial charge in [-0.3, -0.25) is 9.69 Å². The van der Waals surface area contributed by atoms with Crippen molar-refractivity contribution in [2.75, 3.05) is 19.6 Å². The molecule has 0 unspecified atom stereocenters. The highest BCUT2D eigenvalue weighted by molar-refractivity contribution is 6.29. The minimum absolute atomic E-state index is 0.0439. The molecular formula is C8H12ClNO2. The van der Waals surface area contributed by atoms with Crippen LogP contribution in [0.4, 0.5) is 0 Å². The van der Waals surface area contributed by atoms with Crippen LogP contribution in [-0.2, 0) is 4.79 Å². The fourth-order valence-electron chi connectivity index (χ4n) is 0.801. The maximum atomic E-state index is 10.3. The molecule has 0 aromatic carbocycles. The van der Waals surface area contributed by atoms with Crippen LogP contribution in [0.25, 0.3) is 0 Å². The van der Waals surface area contributed by atoms with Gasteiger partial charge in [0.25, 0.3) is 0 Å². The summed E-state index contributed by atoms with van der Waals surface area (Å²) in [4.78, 5) is 11.9. The predicted molar refractivity (Wildman–Crippen MR) is 49.3 cm³/mol. The van der Waals surface area contributed by atoms with Gasteiger partial charge < -0.3 is 5.11 Å². The van der Waals surface area contributed by atoms with Gasteiger partial charge in [0.2, 0.25) is 0 Å². The van der Waals surface area contributed by atoms with Gasteiger partial charge >= 0.3 is 5.97 Å². The number of carboxylic acids is 1. The quantitative estimate of drug-likeness (QED) is 0.641. The molecular weight excluding hydrogens is 178 g/mol. The average Bonchev–Trinajstić information content (AvgIpc) is 1.84. The van der Waals surface area contributed by atoms with E-state index in [2.05, 4.69) is 13.2 Å². The van der Waals surface area contributed by atoms with E-state index in [1.54, 1.807) is 11.0 Å². The van der Waals surface area contributed by atoms with E-state index in [-0.39, 0.29) is 6.54 Å². The van der Waals surface area contributed by atoms with Crippen LogP contribution in [0.3, 0.4) is 0 Å². The molecule has 0 heterocycles. The highest BCUT2D eigenvalue weighted by Crippen LogP contribution is 2.00. The Morgan fingerprint density at radius 3 is 2.50 bits per heavy atom. The van der Waals surface area contributed by atoms with Crippen LogP contribution in [0, 0.1) is 0 Å². The fourth-order valence-corrected chi connectivity index (χ4v) is 0.971. The topological polar surface area (TPSA) is 40.5 Å². The third-order valence-electron chi connectivity index (χ3n) is 1.14. The van der Waals surface area contributed by atoms with Crippen molar-refractivity contribution in [1.82, 2.24) is 4.90 Å². The van der Waals surface area contributed by atoms with Gasteiger partial charge in [0, 0.05) is 18.1 Å². The van der Waals surface area contributed by atoms with Crippen molar-refractivity contribution in [3.8, 4) is 0 Å². The summed E-state index contributed by atoms with van der Waals surface area (Å²) in [6.07, 6.45) is 1.63. The molecule has 0 fully saturated rings. The molecule has 3 nitrogen and oxygen atoms in total. The Bertz CT molecular complexity index is 175. The Hall–Kier alpha value is -0.800. The van der Waals surface area contributed by atoms with Crippen molar-refractivity contribution in [3.05, 3.63) is 24.3 Å². The summed E-state index contributed by atoms with van der Waals surface area (Å²) in [5, 5.41) is 8.90. The van der Waals surface area contributed by atoms with Gasteiger partial charge in [-0.2, -0.15) is 0 Å². The minimum Gasteiger partial charge on any atom is -0.480 e. The molecule has 0 aliphatic rings. The van der Waals surface area contributed by atoms with Crippen molar-refractivity contribution < 1.29 is 9.90 Å². The first kappa shape index (κ1) is 11.2. The summed E-state index contributed by atoms with van der Waals surface area (Å²) in [6.45, 7) is 7.82. The van der Waals surface area contributed by atoms with E-state index in [1.165, 1.54) is 0 Å². The van der Waals surface area contributed by atoms with E-state index in [0.717, 1.165) is 0 Å². The molecule has 68 valence electrons. The lowest BCUT2D eigenvalue weighted by atomic mass is 10.4. The molecule has 0 aromatic rings. The van der Waals surface area contributed by atoms with Crippen LogP contribution >= 0.6 is 11.6 Å². The van der Waals surface area contributed by atoms with E-state index in [4.69, 9.17) is 16.7 Å². The molecule has 0 aliphatic heterocycles. The molecule has 0 bridgehead atoms. The number of hydrogen-bond donors (Lipinski definition) is 1. The fraction of sp³-hybridized carbons (Fsp3) is 0.375. The Balaban J connectivity index is 3.93. The van der Waals surface area contributed by atoms with Gasteiger partial charge in [-0.1, -0.05) is 24.3 Å². The number of hydrogen-bond acceptors (Lipinski definition) is 2. The molecule has 1 N–H and O–H groups in total. The highest BCUT2D eigenvalue weighted by Gasteiger charge is 2.07. The van der Waals surface area contributed by atoms with Crippen molar-refractivity contribution in [2.24, 2.45) is 0 Å². The Morgan fingerprint density at radius 1 is 1.58 bits per heavy atom. The monoisotopic (exact) mass is 189 g/mol. The number of carbonyl (C=O) groups is 1. The zero-order valence-electron chi connectivity index (χ0n) is 6.79. The smallest absolute Gasteiger partial charge is 0.317 e. The maximum Gasteiger partial charge on any atom is 0.317 e. The summed E-state index contributed by atoms with van der Waals surface area (Å²) >= 11 is 5.53. The van der Waals surface area contributed by atoms with Crippen molar-refractivity contribution >= 4 is 17.6 Å². The van der Waals surface area contributed by atoms with Gasteiger partial charge in [-0.05, 0) is 0 Å². The van der Waals surface area contributed by atoms with Gasteiger partial charge in [0.05, 0.1) is 6.54 Å². The lowest BCUT2D eigenvalue weighted by molar-refractivity contribution is -0.138. The maximum absolute atomic E-state index is 10.3. The second-order valence-corrected chi connectivity index (χ2v) is 2.90. The number of halogens is 1. The van der Waals surface area contributed by atoms with Crippen LogP contribution in [0.5, 0.6) is 0 Å². The van der Waals surface area contributed by atoms with Crippen molar-refractivity contribution in [3.63, 3.8) is 0 Å². The van der Waals surface area contributed by atoms with Crippen LogP contribution < -0.4 is 0 Å². The third kappa shape index (κ3) is 5.95. The molecule has 0 saturated carbocycles. The third-order valence-corrected chi connectivity index (χ3v) is 1.26. The summed E-state index contributed by atoms with van der Waals surface area (Å²) in [7, 11) is 0. The first-order valence-corrected chi connectivity index (χ1v) is 3.82. The molecule has 0 aliphatic carbocycles. The zero-order valence-corrected chi connectivity index (χ0v) is 7.55. The predicted octanol–water partition coefficient (Wildman–Crippen LogP) is 1.31. The standard InChI is InChI=1S/C8H12ClNO2/c1-3-4-10(5-7(2)9)6-8(11)12/h3H,1-2,4-6H2,(H,11,12).